The van der Waals surface area contributed by atoms with Gasteiger partial charge in [-0.05, 0) is 44.1 Å². The van der Waals surface area contributed by atoms with Crippen molar-refractivity contribution in [2.75, 3.05) is 26.2 Å². The van der Waals surface area contributed by atoms with Gasteiger partial charge in [0, 0.05) is 12.1 Å². The molecule has 2 heterocycles. The number of hydrogen-bond acceptors (Lipinski definition) is 5. The van der Waals surface area contributed by atoms with Crippen molar-refractivity contribution in [3.05, 3.63) is 35.6 Å². The van der Waals surface area contributed by atoms with Crippen LogP contribution in [0.15, 0.2) is 24.3 Å². The summed E-state index contributed by atoms with van der Waals surface area (Å²) in [6, 6.07) is 5.23. The number of carbonyl (C=O) groups excluding carboxylic acids is 1. The van der Waals surface area contributed by atoms with E-state index in [2.05, 4.69) is 10.2 Å². The Morgan fingerprint density at radius 1 is 1.28 bits per heavy atom. The summed E-state index contributed by atoms with van der Waals surface area (Å²) in [4.78, 5) is 14.4. The highest BCUT2D eigenvalue weighted by molar-refractivity contribution is 5.94. The molecule has 0 bridgehead atoms. The number of benzene rings is 1. The van der Waals surface area contributed by atoms with E-state index in [1.54, 1.807) is 6.07 Å². The van der Waals surface area contributed by atoms with Crippen molar-refractivity contribution in [2.45, 2.75) is 43.6 Å². The van der Waals surface area contributed by atoms with Gasteiger partial charge < -0.3 is 20.3 Å². The Hall–Kier alpha value is -1.54. The number of aliphatic hydroxyl groups excluding tert-OH is 2. The third-order valence-corrected chi connectivity index (χ3v) is 5.00. The lowest BCUT2D eigenvalue weighted by molar-refractivity contribution is -0.0209. The smallest absolute Gasteiger partial charge is 0.251 e. The fraction of sp³-hybridized carbons (Fsp3) is 0.611. The Kier molecular flexibility index (Phi) is 6.01. The molecule has 4 atom stereocenters. The third kappa shape index (κ3) is 4.17. The lowest BCUT2D eigenvalue weighted by Crippen LogP contribution is -2.52. The molecule has 3 rings (SSSR count). The van der Waals surface area contributed by atoms with Crippen molar-refractivity contribution in [3.63, 3.8) is 0 Å². The summed E-state index contributed by atoms with van der Waals surface area (Å²) < 4.78 is 19.0. The van der Waals surface area contributed by atoms with E-state index in [-0.39, 0.29) is 30.7 Å². The van der Waals surface area contributed by atoms with Gasteiger partial charge in [0.05, 0.1) is 18.8 Å². The van der Waals surface area contributed by atoms with E-state index in [9.17, 15) is 19.4 Å². The number of nitrogens with zero attached hydrogens (tertiary/aromatic N) is 1. The molecule has 2 aliphatic heterocycles. The van der Waals surface area contributed by atoms with Crippen molar-refractivity contribution >= 4 is 5.91 Å². The fourth-order valence-corrected chi connectivity index (χ4v) is 3.74. The van der Waals surface area contributed by atoms with Gasteiger partial charge in [-0.3, -0.25) is 9.69 Å². The number of ether oxygens (including phenoxy) is 1. The lowest BCUT2D eigenvalue weighted by atomic mass is 9.99. The largest absolute Gasteiger partial charge is 0.394 e. The van der Waals surface area contributed by atoms with Gasteiger partial charge in [0.25, 0.3) is 5.91 Å². The Balaban J connectivity index is 1.65. The quantitative estimate of drug-likeness (QED) is 0.720. The maximum Gasteiger partial charge on any atom is 0.251 e. The molecule has 6 nitrogen and oxygen atoms in total. The number of aliphatic hydroxyl groups is 2. The molecule has 138 valence electrons. The zero-order valence-corrected chi connectivity index (χ0v) is 14.1. The van der Waals surface area contributed by atoms with Crippen LogP contribution in [0.3, 0.4) is 0 Å². The summed E-state index contributed by atoms with van der Waals surface area (Å²) in [6.07, 6.45) is 1.44. The summed E-state index contributed by atoms with van der Waals surface area (Å²) in [5.74, 6) is -0.853. The number of piperidine rings is 1. The summed E-state index contributed by atoms with van der Waals surface area (Å²) in [7, 11) is 0. The zero-order valence-electron chi connectivity index (χ0n) is 14.1. The van der Waals surface area contributed by atoms with Gasteiger partial charge in [-0.15, -0.1) is 0 Å². The molecule has 2 fully saturated rings. The monoisotopic (exact) mass is 352 g/mol. The van der Waals surface area contributed by atoms with Gasteiger partial charge in [-0.1, -0.05) is 12.5 Å². The molecule has 0 spiro atoms. The van der Waals surface area contributed by atoms with Gasteiger partial charge in [0.2, 0.25) is 0 Å². The summed E-state index contributed by atoms with van der Waals surface area (Å²) in [5, 5.41) is 22.7. The second kappa shape index (κ2) is 8.23. The second-order valence-electron chi connectivity index (χ2n) is 6.69. The van der Waals surface area contributed by atoms with E-state index in [1.165, 1.54) is 24.6 Å². The van der Waals surface area contributed by atoms with E-state index in [1.807, 2.05) is 0 Å². The molecule has 1 aromatic rings. The molecule has 2 aliphatic rings. The molecule has 0 aromatic heterocycles. The summed E-state index contributed by atoms with van der Waals surface area (Å²) in [5.41, 5.74) is 0.242. The molecule has 0 radical (unpaired) electrons. The van der Waals surface area contributed by atoms with Crippen LogP contribution < -0.4 is 5.32 Å². The van der Waals surface area contributed by atoms with Gasteiger partial charge in [0.15, 0.2) is 0 Å². The molecular formula is C18H25FN2O4. The van der Waals surface area contributed by atoms with Gasteiger partial charge >= 0.3 is 0 Å². The number of amides is 1. The maximum absolute atomic E-state index is 13.2. The lowest BCUT2D eigenvalue weighted by Gasteiger charge is -2.36. The first kappa shape index (κ1) is 18.3. The predicted molar refractivity (Wildman–Crippen MR) is 89.7 cm³/mol. The van der Waals surface area contributed by atoms with Crippen LogP contribution in [0.1, 0.15) is 29.6 Å². The van der Waals surface area contributed by atoms with Crippen LogP contribution in [0, 0.1) is 5.82 Å². The van der Waals surface area contributed by atoms with Crippen molar-refractivity contribution in [2.24, 2.45) is 0 Å². The van der Waals surface area contributed by atoms with E-state index >= 15 is 0 Å². The first-order chi connectivity index (χ1) is 12.1. The predicted octanol–water partition coefficient (Wildman–Crippen LogP) is 0.531. The van der Waals surface area contributed by atoms with E-state index in [0.29, 0.717) is 0 Å². The number of likely N-dealkylation sites (tertiary alicyclic amines) is 1. The summed E-state index contributed by atoms with van der Waals surface area (Å²) in [6.45, 7) is 1.68. The normalized spacial score (nSPS) is 30.4. The molecule has 7 heteroatoms. The minimum Gasteiger partial charge on any atom is -0.394 e. The van der Waals surface area contributed by atoms with Crippen LogP contribution in [0.4, 0.5) is 4.39 Å². The van der Waals surface area contributed by atoms with Crippen LogP contribution >= 0.6 is 0 Å². The molecule has 2 saturated heterocycles. The van der Waals surface area contributed by atoms with E-state index in [0.717, 1.165) is 25.9 Å². The van der Waals surface area contributed by atoms with Gasteiger partial charge in [-0.25, -0.2) is 4.39 Å². The number of rotatable bonds is 5. The molecular weight excluding hydrogens is 327 g/mol. The van der Waals surface area contributed by atoms with Crippen LogP contribution in [-0.4, -0.2) is 71.6 Å². The Morgan fingerprint density at radius 2 is 2.04 bits per heavy atom. The van der Waals surface area contributed by atoms with E-state index < -0.39 is 24.1 Å². The fourth-order valence-electron chi connectivity index (χ4n) is 3.74. The van der Waals surface area contributed by atoms with Crippen LogP contribution in [-0.2, 0) is 4.74 Å². The maximum atomic E-state index is 13.2. The first-order valence-electron chi connectivity index (χ1n) is 8.82. The van der Waals surface area contributed by atoms with Gasteiger partial charge in [0.1, 0.15) is 18.0 Å². The average Bonchev–Trinajstić information content (AvgIpc) is 2.96. The molecule has 25 heavy (non-hydrogen) atoms. The molecule has 1 aromatic carbocycles. The van der Waals surface area contributed by atoms with Crippen molar-refractivity contribution in [3.8, 4) is 0 Å². The topological polar surface area (TPSA) is 82.0 Å². The standard InChI is InChI=1S/C18H25FN2O4/c19-13-6-4-5-12(9-13)18(24)20-10-14-16(17(23)15(11-22)25-14)21-7-2-1-3-8-21/h4-6,9,14-17,22-23H,1-3,7-8,10-11H2,(H,20,24). The highest BCUT2D eigenvalue weighted by Gasteiger charge is 2.46. The molecule has 1 amide bonds. The number of halogens is 1. The number of hydrogen-bond donors (Lipinski definition) is 3. The molecule has 0 saturated carbocycles. The molecule has 3 N–H and O–H groups in total. The third-order valence-electron chi connectivity index (χ3n) is 5.00. The number of nitrogens with one attached hydrogen (secondary N) is 1. The SMILES string of the molecule is O=C(NCC1OC(CO)C(O)C1N1CCCCC1)c1cccc(F)c1. The minimum absolute atomic E-state index is 0.198. The zero-order chi connectivity index (χ0) is 17.8. The van der Waals surface area contributed by atoms with Crippen LogP contribution in [0.5, 0.6) is 0 Å². The first-order valence-corrected chi connectivity index (χ1v) is 8.82. The van der Waals surface area contributed by atoms with E-state index in [4.69, 9.17) is 4.74 Å². The number of carbonyl (C=O) groups is 1. The highest BCUT2D eigenvalue weighted by atomic mass is 19.1. The van der Waals surface area contributed by atoms with Gasteiger partial charge in [-0.2, -0.15) is 0 Å². The molecule has 0 aliphatic carbocycles. The van der Waals surface area contributed by atoms with Crippen molar-refractivity contribution < 1.29 is 24.1 Å². The highest BCUT2D eigenvalue weighted by Crippen LogP contribution is 2.28. The molecule has 4 unspecified atom stereocenters. The minimum atomic E-state index is -0.792. The van der Waals surface area contributed by atoms with Crippen molar-refractivity contribution in [1.82, 2.24) is 10.2 Å². The second-order valence-corrected chi connectivity index (χ2v) is 6.69. The Morgan fingerprint density at radius 3 is 2.72 bits per heavy atom. The van der Waals surface area contributed by atoms with Crippen LogP contribution in [0.25, 0.3) is 0 Å². The Labute approximate surface area is 146 Å². The van der Waals surface area contributed by atoms with Crippen LogP contribution in [0.2, 0.25) is 0 Å². The summed E-state index contributed by atoms with van der Waals surface area (Å²) >= 11 is 0. The Bertz CT molecular complexity index is 594. The van der Waals surface area contributed by atoms with Crippen molar-refractivity contribution in [1.29, 1.82) is 0 Å². The average molecular weight is 352 g/mol.